The zero-order valence-electron chi connectivity index (χ0n) is 12.5. The fourth-order valence-electron chi connectivity index (χ4n) is 2.96. The van der Waals surface area contributed by atoms with Gasteiger partial charge in [0.1, 0.15) is 0 Å². The van der Waals surface area contributed by atoms with Gasteiger partial charge in [-0.15, -0.1) is 0 Å². The van der Waals surface area contributed by atoms with Gasteiger partial charge in [-0.2, -0.15) is 0 Å². The van der Waals surface area contributed by atoms with Crippen LogP contribution in [0.25, 0.3) is 0 Å². The van der Waals surface area contributed by atoms with Crippen LogP contribution in [0.5, 0.6) is 5.75 Å². The largest absolute Gasteiger partial charge is 0.494 e. The molecule has 1 amide bonds. The highest BCUT2D eigenvalue weighted by Crippen LogP contribution is 2.36. The number of anilines is 1. The zero-order chi connectivity index (χ0) is 14.8. The molecule has 1 saturated carbocycles. The van der Waals surface area contributed by atoms with Crippen molar-refractivity contribution in [3.05, 3.63) is 23.8 Å². The van der Waals surface area contributed by atoms with Crippen molar-refractivity contribution < 1.29 is 9.53 Å². The Morgan fingerprint density at radius 3 is 2.80 bits per heavy atom. The summed E-state index contributed by atoms with van der Waals surface area (Å²) in [6.45, 7) is 4.43. The molecule has 110 valence electrons. The summed E-state index contributed by atoms with van der Waals surface area (Å²) in [4.78, 5) is 12.5. The highest BCUT2D eigenvalue weighted by atomic mass is 16.5. The second-order valence-corrected chi connectivity index (χ2v) is 6.19. The van der Waals surface area contributed by atoms with E-state index in [4.69, 9.17) is 10.5 Å². The first-order chi connectivity index (χ1) is 9.45. The van der Waals surface area contributed by atoms with Crippen molar-refractivity contribution >= 4 is 11.6 Å². The van der Waals surface area contributed by atoms with E-state index in [1.54, 1.807) is 18.2 Å². The SMILES string of the molecule is COc1c(N)cccc1C(=O)NC1CCCCC1(C)C. The van der Waals surface area contributed by atoms with E-state index in [1.807, 2.05) is 0 Å². The molecule has 0 saturated heterocycles. The molecule has 4 nitrogen and oxygen atoms in total. The monoisotopic (exact) mass is 276 g/mol. The summed E-state index contributed by atoms with van der Waals surface area (Å²) in [7, 11) is 1.53. The molecule has 3 N–H and O–H groups in total. The van der Waals surface area contributed by atoms with Crippen LogP contribution in [0.4, 0.5) is 5.69 Å². The molecule has 4 heteroatoms. The molecule has 0 bridgehead atoms. The molecule has 0 radical (unpaired) electrons. The van der Waals surface area contributed by atoms with Gasteiger partial charge in [-0.1, -0.05) is 32.8 Å². The van der Waals surface area contributed by atoms with E-state index in [9.17, 15) is 4.79 Å². The van der Waals surface area contributed by atoms with Crippen molar-refractivity contribution in [2.75, 3.05) is 12.8 Å². The number of ether oxygens (including phenoxy) is 1. The van der Waals surface area contributed by atoms with E-state index in [-0.39, 0.29) is 17.4 Å². The Bertz CT molecular complexity index is 497. The molecule has 0 spiro atoms. The van der Waals surface area contributed by atoms with Crippen LogP contribution in [-0.2, 0) is 0 Å². The maximum atomic E-state index is 12.5. The lowest BCUT2D eigenvalue weighted by Crippen LogP contribution is -2.46. The quantitative estimate of drug-likeness (QED) is 0.834. The summed E-state index contributed by atoms with van der Waals surface area (Å²) in [5, 5.41) is 3.15. The molecule has 1 aromatic rings. The molecule has 20 heavy (non-hydrogen) atoms. The molecule has 1 aliphatic carbocycles. The number of hydrogen-bond acceptors (Lipinski definition) is 3. The minimum absolute atomic E-state index is 0.103. The highest BCUT2D eigenvalue weighted by Gasteiger charge is 2.33. The van der Waals surface area contributed by atoms with Gasteiger partial charge in [0.2, 0.25) is 0 Å². The van der Waals surface area contributed by atoms with Crippen molar-refractivity contribution in [1.82, 2.24) is 5.32 Å². The molecule has 2 rings (SSSR count). The molecule has 1 aliphatic rings. The number of nitrogens with two attached hydrogens (primary N) is 1. The summed E-state index contributed by atoms with van der Waals surface area (Å²) in [5.41, 5.74) is 6.99. The lowest BCUT2D eigenvalue weighted by molar-refractivity contribution is 0.0850. The Morgan fingerprint density at radius 1 is 1.40 bits per heavy atom. The smallest absolute Gasteiger partial charge is 0.255 e. The Labute approximate surface area is 120 Å². The van der Waals surface area contributed by atoms with E-state index in [0.717, 1.165) is 12.8 Å². The molecule has 1 aromatic carbocycles. The predicted octanol–water partition coefficient (Wildman–Crippen LogP) is 2.98. The number of nitrogens with one attached hydrogen (secondary N) is 1. The third-order valence-electron chi connectivity index (χ3n) is 4.31. The van der Waals surface area contributed by atoms with Crippen molar-refractivity contribution in [3.8, 4) is 5.75 Å². The fraction of sp³-hybridized carbons (Fsp3) is 0.562. The first kappa shape index (κ1) is 14.7. The van der Waals surface area contributed by atoms with Crippen LogP contribution >= 0.6 is 0 Å². The molecular weight excluding hydrogens is 252 g/mol. The number of benzene rings is 1. The van der Waals surface area contributed by atoms with Gasteiger partial charge >= 0.3 is 0 Å². The van der Waals surface area contributed by atoms with Gasteiger partial charge in [-0.25, -0.2) is 0 Å². The number of hydrogen-bond donors (Lipinski definition) is 2. The third-order valence-corrected chi connectivity index (χ3v) is 4.31. The zero-order valence-corrected chi connectivity index (χ0v) is 12.5. The summed E-state index contributed by atoms with van der Waals surface area (Å²) in [5.74, 6) is 0.354. The second kappa shape index (κ2) is 5.73. The van der Waals surface area contributed by atoms with Crippen LogP contribution in [0.15, 0.2) is 18.2 Å². The Hall–Kier alpha value is -1.71. The maximum absolute atomic E-state index is 12.5. The van der Waals surface area contributed by atoms with Crippen molar-refractivity contribution in [2.24, 2.45) is 5.41 Å². The van der Waals surface area contributed by atoms with Gasteiger partial charge < -0.3 is 15.8 Å². The van der Waals surface area contributed by atoms with Gasteiger partial charge in [0.05, 0.1) is 18.4 Å². The number of methoxy groups -OCH3 is 1. The normalized spacial score (nSPS) is 21.2. The van der Waals surface area contributed by atoms with Gasteiger partial charge in [0.15, 0.2) is 5.75 Å². The molecule has 1 unspecified atom stereocenters. The molecule has 1 fully saturated rings. The first-order valence-electron chi connectivity index (χ1n) is 7.19. The predicted molar refractivity (Wildman–Crippen MR) is 80.9 cm³/mol. The van der Waals surface area contributed by atoms with Crippen LogP contribution in [0.3, 0.4) is 0 Å². The van der Waals surface area contributed by atoms with Crippen LogP contribution < -0.4 is 15.8 Å². The Kier molecular flexibility index (Phi) is 4.21. The number of amides is 1. The van der Waals surface area contributed by atoms with Crippen molar-refractivity contribution in [3.63, 3.8) is 0 Å². The molecule has 0 aliphatic heterocycles. The molecule has 1 atom stereocenters. The Balaban J connectivity index is 2.18. The van der Waals surface area contributed by atoms with E-state index in [2.05, 4.69) is 19.2 Å². The highest BCUT2D eigenvalue weighted by molar-refractivity contribution is 5.98. The van der Waals surface area contributed by atoms with E-state index >= 15 is 0 Å². The van der Waals surface area contributed by atoms with Crippen molar-refractivity contribution in [2.45, 2.75) is 45.6 Å². The van der Waals surface area contributed by atoms with E-state index in [0.29, 0.717) is 17.0 Å². The number of para-hydroxylation sites is 1. The van der Waals surface area contributed by atoms with Gasteiger partial charge in [0.25, 0.3) is 5.91 Å². The lowest BCUT2D eigenvalue weighted by Gasteiger charge is -2.39. The summed E-state index contributed by atoms with van der Waals surface area (Å²) in [6, 6.07) is 5.47. The lowest BCUT2D eigenvalue weighted by atomic mass is 9.73. The number of rotatable bonds is 3. The molecule has 0 heterocycles. The maximum Gasteiger partial charge on any atom is 0.255 e. The number of carbonyl (C=O) groups is 1. The topological polar surface area (TPSA) is 64.3 Å². The average molecular weight is 276 g/mol. The molecule has 0 aromatic heterocycles. The van der Waals surface area contributed by atoms with Gasteiger partial charge in [-0.05, 0) is 30.4 Å². The minimum atomic E-state index is -0.103. The fourth-order valence-corrected chi connectivity index (χ4v) is 2.96. The third kappa shape index (κ3) is 2.89. The Morgan fingerprint density at radius 2 is 2.15 bits per heavy atom. The van der Waals surface area contributed by atoms with Crippen LogP contribution in [-0.4, -0.2) is 19.1 Å². The number of nitrogen functional groups attached to an aromatic ring is 1. The van der Waals surface area contributed by atoms with Crippen molar-refractivity contribution in [1.29, 1.82) is 0 Å². The molecular formula is C16H24N2O2. The standard InChI is InChI=1S/C16H24N2O2/c1-16(2)10-5-4-9-13(16)18-15(19)11-7-6-8-12(17)14(11)20-3/h6-8,13H,4-5,9-10,17H2,1-3H3,(H,18,19). The van der Waals surface area contributed by atoms with Gasteiger partial charge in [0, 0.05) is 6.04 Å². The van der Waals surface area contributed by atoms with Crippen LogP contribution in [0.1, 0.15) is 49.9 Å². The second-order valence-electron chi connectivity index (χ2n) is 6.19. The minimum Gasteiger partial charge on any atom is -0.494 e. The van der Waals surface area contributed by atoms with E-state index < -0.39 is 0 Å². The first-order valence-corrected chi connectivity index (χ1v) is 7.19. The number of carbonyl (C=O) groups excluding carboxylic acids is 1. The van der Waals surface area contributed by atoms with E-state index in [1.165, 1.54) is 20.0 Å². The average Bonchev–Trinajstić information content (AvgIpc) is 2.40. The van der Waals surface area contributed by atoms with Gasteiger partial charge in [-0.3, -0.25) is 4.79 Å². The summed E-state index contributed by atoms with van der Waals surface area (Å²) < 4.78 is 5.25. The summed E-state index contributed by atoms with van der Waals surface area (Å²) >= 11 is 0. The summed E-state index contributed by atoms with van der Waals surface area (Å²) in [6.07, 6.45) is 4.58. The van der Waals surface area contributed by atoms with Crippen LogP contribution in [0.2, 0.25) is 0 Å². The van der Waals surface area contributed by atoms with Crippen LogP contribution in [0, 0.1) is 5.41 Å².